The second-order valence-electron chi connectivity index (χ2n) is 6.46. The van der Waals surface area contributed by atoms with Gasteiger partial charge >= 0.3 is 0 Å². The molecule has 0 amide bonds. The second kappa shape index (κ2) is 6.91. The summed E-state index contributed by atoms with van der Waals surface area (Å²) >= 11 is 0. The predicted molar refractivity (Wildman–Crippen MR) is 74.6 cm³/mol. The fourth-order valence-corrected chi connectivity index (χ4v) is 3.65. The molecule has 2 rings (SSSR count). The molecule has 18 heavy (non-hydrogen) atoms. The molecule has 1 saturated heterocycles. The Labute approximate surface area is 112 Å². The fourth-order valence-electron chi connectivity index (χ4n) is 3.65. The molecular weight excluding hydrogens is 224 g/mol. The molecule has 0 aromatic carbocycles. The SMILES string of the molecule is CCC1CCCC(O)(CCCC2CCCO2)CC1. The van der Waals surface area contributed by atoms with Crippen molar-refractivity contribution in [1.82, 2.24) is 0 Å². The van der Waals surface area contributed by atoms with Gasteiger partial charge in [0.25, 0.3) is 0 Å². The normalized spacial score (nSPS) is 37.7. The van der Waals surface area contributed by atoms with Crippen molar-refractivity contribution in [3.8, 4) is 0 Å². The van der Waals surface area contributed by atoms with Crippen molar-refractivity contribution >= 4 is 0 Å². The lowest BCUT2D eigenvalue weighted by Crippen LogP contribution is -2.28. The highest BCUT2D eigenvalue weighted by Crippen LogP contribution is 2.35. The third-order valence-corrected chi connectivity index (χ3v) is 5.04. The van der Waals surface area contributed by atoms with Crippen LogP contribution in [0.4, 0.5) is 0 Å². The van der Waals surface area contributed by atoms with Gasteiger partial charge in [-0.1, -0.05) is 26.2 Å². The van der Waals surface area contributed by atoms with Crippen LogP contribution in [0.2, 0.25) is 0 Å². The van der Waals surface area contributed by atoms with Gasteiger partial charge in [0.1, 0.15) is 0 Å². The smallest absolute Gasteiger partial charge is 0.0648 e. The van der Waals surface area contributed by atoms with E-state index >= 15 is 0 Å². The van der Waals surface area contributed by atoms with Crippen LogP contribution in [0.5, 0.6) is 0 Å². The predicted octanol–water partition coefficient (Wildman–Crippen LogP) is 4.06. The Morgan fingerprint density at radius 2 is 2.06 bits per heavy atom. The van der Waals surface area contributed by atoms with Crippen molar-refractivity contribution in [3.63, 3.8) is 0 Å². The van der Waals surface area contributed by atoms with Gasteiger partial charge in [-0.2, -0.15) is 0 Å². The number of rotatable bonds is 5. The lowest BCUT2D eigenvalue weighted by molar-refractivity contribution is 0.00858. The molecular formula is C16H30O2. The Hall–Kier alpha value is -0.0800. The molecule has 1 heterocycles. The first-order chi connectivity index (χ1) is 8.72. The summed E-state index contributed by atoms with van der Waals surface area (Å²) in [6.45, 7) is 3.24. The summed E-state index contributed by atoms with van der Waals surface area (Å²) in [5.41, 5.74) is -0.359. The molecule has 3 unspecified atom stereocenters. The maximum atomic E-state index is 10.7. The monoisotopic (exact) mass is 254 g/mol. The average Bonchev–Trinajstić information content (AvgIpc) is 2.79. The highest BCUT2D eigenvalue weighted by molar-refractivity contribution is 4.83. The topological polar surface area (TPSA) is 29.5 Å². The van der Waals surface area contributed by atoms with E-state index in [0.29, 0.717) is 6.10 Å². The maximum Gasteiger partial charge on any atom is 0.0648 e. The van der Waals surface area contributed by atoms with Gasteiger partial charge in [0.05, 0.1) is 11.7 Å². The minimum atomic E-state index is -0.359. The van der Waals surface area contributed by atoms with Gasteiger partial charge in [0.15, 0.2) is 0 Å². The first-order valence-electron chi connectivity index (χ1n) is 8.06. The molecule has 0 aromatic heterocycles. The molecule has 1 aliphatic carbocycles. The molecule has 0 spiro atoms. The first-order valence-corrected chi connectivity index (χ1v) is 8.06. The molecule has 1 N–H and O–H groups in total. The van der Waals surface area contributed by atoms with Gasteiger partial charge in [0, 0.05) is 6.61 Å². The zero-order valence-electron chi connectivity index (χ0n) is 12.0. The molecule has 106 valence electrons. The molecule has 2 nitrogen and oxygen atoms in total. The van der Waals surface area contributed by atoms with E-state index in [9.17, 15) is 5.11 Å². The number of ether oxygens (including phenoxy) is 1. The molecule has 2 fully saturated rings. The lowest BCUT2D eigenvalue weighted by Gasteiger charge is -2.27. The Kier molecular flexibility index (Phi) is 5.50. The van der Waals surface area contributed by atoms with Crippen molar-refractivity contribution in [3.05, 3.63) is 0 Å². The summed E-state index contributed by atoms with van der Waals surface area (Å²) in [6.07, 6.45) is 13.3. The molecule has 3 atom stereocenters. The Balaban J connectivity index is 1.69. The van der Waals surface area contributed by atoms with E-state index in [1.165, 1.54) is 38.5 Å². The minimum absolute atomic E-state index is 0.359. The summed E-state index contributed by atoms with van der Waals surface area (Å²) in [5, 5.41) is 10.7. The van der Waals surface area contributed by atoms with E-state index in [-0.39, 0.29) is 5.60 Å². The minimum Gasteiger partial charge on any atom is -0.390 e. The van der Waals surface area contributed by atoms with Crippen molar-refractivity contribution in [2.24, 2.45) is 5.92 Å². The van der Waals surface area contributed by atoms with Crippen LogP contribution in [0.1, 0.15) is 77.6 Å². The molecule has 2 heteroatoms. The standard InChI is InChI=1S/C16H30O2/c1-2-14-6-3-10-16(17,12-9-14)11-4-7-15-8-5-13-18-15/h14-15,17H,2-13H2,1H3. The van der Waals surface area contributed by atoms with Gasteiger partial charge < -0.3 is 9.84 Å². The number of aliphatic hydroxyl groups is 1. The average molecular weight is 254 g/mol. The van der Waals surface area contributed by atoms with Gasteiger partial charge in [-0.25, -0.2) is 0 Å². The highest BCUT2D eigenvalue weighted by Gasteiger charge is 2.30. The van der Waals surface area contributed by atoms with Crippen LogP contribution >= 0.6 is 0 Å². The highest BCUT2D eigenvalue weighted by atomic mass is 16.5. The summed E-state index contributed by atoms with van der Waals surface area (Å²) in [5.74, 6) is 0.859. The fraction of sp³-hybridized carbons (Fsp3) is 1.00. The summed E-state index contributed by atoms with van der Waals surface area (Å²) in [6, 6.07) is 0. The van der Waals surface area contributed by atoms with E-state index in [2.05, 4.69) is 6.92 Å². The largest absolute Gasteiger partial charge is 0.390 e. The van der Waals surface area contributed by atoms with Crippen LogP contribution < -0.4 is 0 Å². The quantitative estimate of drug-likeness (QED) is 0.750. The van der Waals surface area contributed by atoms with Crippen molar-refractivity contribution < 1.29 is 9.84 Å². The van der Waals surface area contributed by atoms with Crippen LogP contribution in [0.3, 0.4) is 0 Å². The van der Waals surface area contributed by atoms with E-state index in [1.54, 1.807) is 0 Å². The molecule has 1 aliphatic heterocycles. The van der Waals surface area contributed by atoms with E-state index in [1.807, 2.05) is 0 Å². The Morgan fingerprint density at radius 3 is 2.78 bits per heavy atom. The van der Waals surface area contributed by atoms with E-state index in [0.717, 1.165) is 44.6 Å². The first kappa shape index (κ1) is 14.3. The van der Waals surface area contributed by atoms with Crippen molar-refractivity contribution in [1.29, 1.82) is 0 Å². The van der Waals surface area contributed by atoms with Crippen LogP contribution in [0, 0.1) is 5.92 Å². The van der Waals surface area contributed by atoms with Gasteiger partial charge in [0.2, 0.25) is 0 Å². The number of hydrogen-bond acceptors (Lipinski definition) is 2. The van der Waals surface area contributed by atoms with Gasteiger partial charge in [-0.3, -0.25) is 0 Å². The van der Waals surface area contributed by atoms with E-state index < -0.39 is 0 Å². The van der Waals surface area contributed by atoms with Gasteiger partial charge in [-0.15, -0.1) is 0 Å². The molecule has 2 aliphatic rings. The third kappa shape index (κ3) is 4.24. The van der Waals surface area contributed by atoms with Crippen LogP contribution in [-0.2, 0) is 4.74 Å². The van der Waals surface area contributed by atoms with Crippen molar-refractivity contribution in [2.75, 3.05) is 6.61 Å². The Morgan fingerprint density at radius 1 is 1.17 bits per heavy atom. The van der Waals surface area contributed by atoms with Crippen LogP contribution in [0.25, 0.3) is 0 Å². The van der Waals surface area contributed by atoms with Gasteiger partial charge in [-0.05, 0) is 57.3 Å². The molecule has 0 radical (unpaired) electrons. The summed E-state index contributed by atoms with van der Waals surface area (Å²) < 4.78 is 5.65. The number of hydrogen-bond donors (Lipinski definition) is 1. The maximum absolute atomic E-state index is 10.7. The molecule has 0 aromatic rings. The Bertz CT molecular complexity index is 235. The summed E-state index contributed by atoms with van der Waals surface area (Å²) in [7, 11) is 0. The van der Waals surface area contributed by atoms with E-state index in [4.69, 9.17) is 4.74 Å². The second-order valence-corrected chi connectivity index (χ2v) is 6.46. The third-order valence-electron chi connectivity index (χ3n) is 5.04. The molecule has 0 bridgehead atoms. The van der Waals surface area contributed by atoms with Crippen LogP contribution in [0.15, 0.2) is 0 Å². The zero-order chi connectivity index (χ0) is 12.8. The lowest BCUT2D eigenvalue weighted by atomic mass is 9.87. The van der Waals surface area contributed by atoms with Crippen molar-refractivity contribution in [2.45, 2.75) is 89.3 Å². The van der Waals surface area contributed by atoms with Crippen LogP contribution in [-0.4, -0.2) is 23.4 Å². The summed E-state index contributed by atoms with van der Waals surface area (Å²) in [4.78, 5) is 0. The molecule has 1 saturated carbocycles. The zero-order valence-corrected chi connectivity index (χ0v) is 12.0.